The predicted octanol–water partition coefficient (Wildman–Crippen LogP) is 3.20. The Balaban J connectivity index is 1.52. The molecule has 5 heteroatoms. The summed E-state index contributed by atoms with van der Waals surface area (Å²) in [4.78, 5) is 15.2. The lowest BCUT2D eigenvalue weighted by molar-refractivity contribution is -0.134. The van der Waals surface area contributed by atoms with Crippen molar-refractivity contribution in [3.8, 4) is 11.4 Å². The van der Waals surface area contributed by atoms with Gasteiger partial charge in [0.15, 0.2) is 5.82 Å². The van der Waals surface area contributed by atoms with Gasteiger partial charge in [0.05, 0.1) is 6.42 Å². The fraction of sp³-hybridized carbons (Fsp3) is 0.550. The normalized spacial score (nSPS) is 25.8. The SMILES string of the molecule is C[C@@H]1C[C@H]2CCCC[C@H]2N1C(=O)Cc1nnc(-c2ccccc2)n1C. The molecule has 0 N–H and O–H groups in total. The van der Waals surface area contributed by atoms with E-state index in [-0.39, 0.29) is 5.91 Å². The second-order valence-corrected chi connectivity index (χ2v) is 7.54. The standard InChI is InChI=1S/C20H26N4O/c1-14-12-16-10-6-7-11-17(16)24(14)19(25)13-18-21-22-20(23(18)2)15-8-4-3-5-9-15/h3-5,8-9,14,16-17H,6-7,10-13H2,1-2H3/t14-,16-,17-/m1/s1. The molecule has 2 aromatic rings. The zero-order chi connectivity index (χ0) is 17.4. The van der Waals surface area contributed by atoms with E-state index >= 15 is 0 Å². The minimum Gasteiger partial charge on any atom is -0.336 e. The van der Waals surface area contributed by atoms with Crippen LogP contribution in [0.25, 0.3) is 11.4 Å². The molecular formula is C20H26N4O. The minimum absolute atomic E-state index is 0.206. The number of carbonyl (C=O) groups is 1. The highest BCUT2D eigenvalue weighted by Crippen LogP contribution is 2.39. The second-order valence-electron chi connectivity index (χ2n) is 7.54. The molecular weight excluding hydrogens is 312 g/mol. The molecule has 1 aromatic heterocycles. The first-order valence-corrected chi connectivity index (χ1v) is 9.40. The van der Waals surface area contributed by atoms with Gasteiger partial charge < -0.3 is 9.47 Å². The first-order valence-electron chi connectivity index (χ1n) is 9.40. The van der Waals surface area contributed by atoms with Crippen molar-refractivity contribution in [1.82, 2.24) is 19.7 Å². The molecule has 2 heterocycles. The zero-order valence-electron chi connectivity index (χ0n) is 15.1. The molecule has 0 spiro atoms. The number of benzene rings is 1. The Morgan fingerprint density at radius 1 is 1.16 bits per heavy atom. The lowest BCUT2D eigenvalue weighted by Gasteiger charge is -2.33. The molecule has 5 nitrogen and oxygen atoms in total. The summed E-state index contributed by atoms with van der Waals surface area (Å²) in [5.41, 5.74) is 1.03. The topological polar surface area (TPSA) is 51.0 Å². The smallest absolute Gasteiger partial charge is 0.230 e. The summed E-state index contributed by atoms with van der Waals surface area (Å²) < 4.78 is 1.95. The Morgan fingerprint density at radius 2 is 1.92 bits per heavy atom. The maximum Gasteiger partial charge on any atom is 0.230 e. The van der Waals surface area contributed by atoms with E-state index < -0.39 is 0 Å². The number of hydrogen-bond acceptors (Lipinski definition) is 3. The number of aromatic nitrogens is 3. The van der Waals surface area contributed by atoms with Crippen molar-refractivity contribution in [2.75, 3.05) is 0 Å². The predicted molar refractivity (Wildman–Crippen MR) is 96.8 cm³/mol. The summed E-state index contributed by atoms with van der Waals surface area (Å²) in [6, 6.07) is 10.8. The van der Waals surface area contributed by atoms with Gasteiger partial charge in [0.2, 0.25) is 5.91 Å². The number of carbonyl (C=O) groups excluding carboxylic acids is 1. The molecule has 1 aliphatic carbocycles. The van der Waals surface area contributed by atoms with E-state index in [4.69, 9.17) is 0 Å². The van der Waals surface area contributed by atoms with Gasteiger partial charge in [0.25, 0.3) is 0 Å². The Bertz CT molecular complexity index is 754. The number of nitrogens with zero attached hydrogens (tertiary/aromatic N) is 4. The molecule has 0 unspecified atom stereocenters. The quantitative estimate of drug-likeness (QED) is 0.863. The number of amides is 1. The van der Waals surface area contributed by atoms with Gasteiger partial charge in [-0.05, 0) is 32.1 Å². The van der Waals surface area contributed by atoms with Crippen LogP contribution in [-0.2, 0) is 18.3 Å². The van der Waals surface area contributed by atoms with Gasteiger partial charge in [-0.15, -0.1) is 10.2 Å². The van der Waals surface area contributed by atoms with Gasteiger partial charge in [-0.25, -0.2) is 0 Å². The summed E-state index contributed by atoms with van der Waals surface area (Å²) in [6.07, 6.45) is 6.50. The second kappa shape index (κ2) is 6.62. The van der Waals surface area contributed by atoms with Gasteiger partial charge in [0, 0.05) is 24.7 Å². The third-order valence-electron chi connectivity index (χ3n) is 5.94. The summed E-state index contributed by atoms with van der Waals surface area (Å²) >= 11 is 0. The van der Waals surface area contributed by atoms with E-state index in [0.717, 1.165) is 30.1 Å². The van der Waals surface area contributed by atoms with E-state index in [0.29, 0.717) is 24.4 Å². The van der Waals surface area contributed by atoms with Crippen LogP contribution in [0, 0.1) is 5.92 Å². The van der Waals surface area contributed by atoms with E-state index in [9.17, 15) is 4.79 Å². The van der Waals surface area contributed by atoms with Crippen molar-refractivity contribution in [3.63, 3.8) is 0 Å². The molecule has 1 amide bonds. The summed E-state index contributed by atoms with van der Waals surface area (Å²) in [7, 11) is 1.95. The Morgan fingerprint density at radius 3 is 2.72 bits per heavy atom. The van der Waals surface area contributed by atoms with Gasteiger partial charge in [-0.1, -0.05) is 43.2 Å². The van der Waals surface area contributed by atoms with E-state index in [2.05, 4.69) is 22.0 Å². The van der Waals surface area contributed by atoms with Crippen molar-refractivity contribution in [3.05, 3.63) is 36.2 Å². The van der Waals surface area contributed by atoms with E-state index in [1.165, 1.54) is 19.3 Å². The minimum atomic E-state index is 0.206. The largest absolute Gasteiger partial charge is 0.336 e. The van der Waals surface area contributed by atoms with Crippen molar-refractivity contribution in [1.29, 1.82) is 0 Å². The highest BCUT2D eigenvalue weighted by Gasteiger charge is 2.42. The van der Waals surface area contributed by atoms with Gasteiger partial charge in [-0.3, -0.25) is 4.79 Å². The lowest BCUT2D eigenvalue weighted by atomic mass is 9.85. The highest BCUT2D eigenvalue weighted by molar-refractivity contribution is 5.79. The van der Waals surface area contributed by atoms with E-state index in [1.807, 2.05) is 41.9 Å². The van der Waals surface area contributed by atoms with E-state index in [1.54, 1.807) is 0 Å². The average Bonchev–Trinajstić information content (AvgIpc) is 3.15. The number of rotatable bonds is 3. The molecule has 1 aromatic carbocycles. The number of likely N-dealkylation sites (tertiary alicyclic amines) is 1. The van der Waals surface area contributed by atoms with Crippen molar-refractivity contribution in [2.45, 2.75) is 57.5 Å². The molecule has 0 bridgehead atoms. The van der Waals surface area contributed by atoms with Gasteiger partial charge in [-0.2, -0.15) is 0 Å². The maximum absolute atomic E-state index is 13.0. The first-order chi connectivity index (χ1) is 12.1. The molecule has 0 radical (unpaired) electrons. The highest BCUT2D eigenvalue weighted by atomic mass is 16.2. The fourth-order valence-corrected chi connectivity index (χ4v) is 4.72. The van der Waals surface area contributed by atoms with Gasteiger partial charge in [0.1, 0.15) is 5.82 Å². The van der Waals surface area contributed by atoms with Crippen LogP contribution in [0.2, 0.25) is 0 Å². The van der Waals surface area contributed by atoms with Crippen LogP contribution in [0.1, 0.15) is 44.9 Å². The summed E-state index contributed by atoms with van der Waals surface area (Å²) in [6.45, 7) is 2.20. The van der Waals surface area contributed by atoms with Crippen LogP contribution in [0.4, 0.5) is 0 Å². The Kier molecular flexibility index (Phi) is 4.32. The average molecular weight is 338 g/mol. The van der Waals surface area contributed by atoms with Crippen LogP contribution >= 0.6 is 0 Å². The fourth-order valence-electron chi connectivity index (χ4n) is 4.72. The van der Waals surface area contributed by atoms with Crippen molar-refractivity contribution < 1.29 is 4.79 Å². The number of fused-ring (bicyclic) bond motifs is 1. The summed E-state index contributed by atoms with van der Waals surface area (Å²) in [5.74, 6) is 2.47. The molecule has 2 fully saturated rings. The van der Waals surface area contributed by atoms with Crippen LogP contribution in [0.15, 0.2) is 30.3 Å². The van der Waals surface area contributed by atoms with Crippen molar-refractivity contribution >= 4 is 5.91 Å². The molecule has 132 valence electrons. The number of hydrogen-bond donors (Lipinski definition) is 0. The molecule has 4 rings (SSSR count). The van der Waals surface area contributed by atoms with Crippen molar-refractivity contribution in [2.24, 2.45) is 13.0 Å². The monoisotopic (exact) mass is 338 g/mol. The third-order valence-corrected chi connectivity index (χ3v) is 5.94. The van der Waals surface area contributed by atoms with Crippen LogP contribution in [-0.4, -0.2) is 37.7 Å². The molecule has 3 atom stereocenters. The molecule has 1 saturated heterocycles. The summed E-state index contributed by atoms with van der Waals surface area (Å²) in [5, 5.41) is 8.61. The lowest BCUT2D eigenvalue weighted by Crippen LogP contribution is -2.43. The van der Waals surface area contributed by atoms with Crippen LogP contribution in [0.3, 0.4) is 0 Å². The first kappa shape index (κ1) is 16.3. The Hall–Kier alpha value is -2.17. The third kappa shape index (κ3) is 2.96. The Labute approximate surface area is 149 Å². The molecule has 25 heavy (non-hydrogen) atoms. The van der Waals surface area contributed by atoms with Crippen LogP contribution < -0.4 is 0 Å². The molecule has 1 saturated carbocycles. The molecule has 1 aliphatic heterocycles. The zero-order valence-corrected chi connectivity index (χ0v) is 15.1. The van der Waals surface area contributed by atoms with Gasteiger partial charge >= 0.3 is 0 Å². The molecule has 2 aliphatic rings. The maximum atomic E-state index is 13.0. The van der Waals surface area contributed by atoms with Crippen LogP contribution in [0.5, 0.6) is 0 Å².